The Morgan fingerprint density at radius 1 is 1.46 bits per heavy atom. The Kier molecular flexibility index (Phi) is 1.75. The molecule has 0 atom stereocenters. The van der Waals surface area contributed by atoms with Gasteiger partial charge in [0.15, 0.2) is 0 Å². The molecule has 0 heterocycles. The van der Waals surface area contributed by atoms with Crippen molar-refractivity contribution in [2.45, 2.75) is 18.3 Å². The van der Waals surface area contributed by atoms with E-state index >= 15 is 0 Å². The standard InChI is InChI=1S/C11H9ClO/c1-2-11(6-7-11)10-8(12)4-3-5-9(10)13/h1,3-5,13H,6-7H2. The van der Waals surface area contributed by atoms with E-state index in [0.717, 1.165) is 18.4 Å². The van der Waals surface area contributed by atoms with Crippen LogP contribution in [0.4, 0.5) is 0 Å². The zero-order valence-electron chi connectivity index (χ0n) is 7.05. The molecule has 0 amide bonds. The van der Waals surface area contributed by atoms with Gasteiger partial charge in [-0.05, 0) is 25.0 Å². The van der Waals surface area contributed by atoms with Crippen molar-refractivity contribution in [1.29, 1.82) is 0 Å². The Bertz CT molecular complexity index is 365. The Morgan fingerprint density at radius 2 is 2.15 bits per heavy atom. The number of rotatable bonds is 1. The van der Waals surface area contributed by atoms with Crippen LogP contribution in [0.5, 0.6) is 5.75 Å². The highest BCUT2D eigenvalue weighted by Gasteiger charge is 2.45. The fourth-order valence-electron chi connectivity index (χ4n) is 1.58. The van der Waals surface area contributed by atoms with Crippen LogP contribution < -0.4 is 0 Å². The van der Waals surface area contributed by atoms with E-state index in [1.165, 1.54) is 0 Å². The molecule has 0 radical (unpaired) electrons. The molecule has 2 heteroatoms. The molecule has 66 valence electrons. The third-order valence-electron chi connectivity index (χ3n) is 2.50. The third-order valence-corrected chi connectivity index (χ3v) is 2.81. The summed E-state index contributed by atoms with van der Waals surface area (Å²) in [6.45, 7) is 0. The van der Waals surface area contributed by atoms with E-state index in [0.29, 0.717) is 5.02 Å². The third kappa shape index (κ3) is 1.18. The fourth-order valence-corrected chi connectivity index (χ4v) is 1.93. The zero-order chi connectivity index (χ0) is 9.47. The molecule has 1 aromatic rings. The fraction of sp³-hybridized carbons (Fsp3) is 0.273. The first-order chi connectivity index (χ1) is 6.19. The molecule has 13 heavy (non-hydrogen) atoms. The lowest BCUT2D eigenvalue weighted by molar-refractivity contribution is 0.465. The van der Waals surface area contributed by atoms with Crippen LogP contribution in [0.1, 0.15) is 18.4 Å². The first kappa shape index (κ1) is 8.47. The van der Waals surface area contributed by atoms with Gasteiger partial charge in [-0.1, -0.05) is 23.6 Å². The lowest BCUT2D eigenvalue weighted by Gasteiger charge is -2.11. The predicted molar refractivity (Wildman–Crippen MR) is 52.9 cm³/mol. The highest BCUT2D eigenvalue weighted by atomic mass is 35.5. The minimum atomic E-state index is -0.289. The summed E-state index contributed by atoms with van der Waals surface area (Å²) in [5.41, 5.74) is 0.432. The van der Waals surface area contributed by atoms with E-state index in [-0.39, 0.29) is 11.2 Å². The second-order valence-electron chi connectivity index (χ2n) is 3.36. The minimum absolute atomic E-state index is 0.211. The Morgan fingerprint density at radius 3 is 2.62 bits per heavy atom. The largest absolute Gasteiger partial charge is 0.508 e. The van der Waals surface area contributed by atoms with Crippen molar-refractivity contribution >= 4 is 11.6 Å². The number of aromatic hydroxyl groups is 1. The van der Waals surface area contributed by atoms with E-state index < -0.39 is 0 Å². The van der Waals surface area contributed by atoms with Crippen LogP contribution in [0.15, 0.2) is 18.2 Å². The predicted octanol–water partition coefficient (Wildman–Crippen LogP) is 2.71. The number of phenols is 1. The lowest BCUT2D eigenvalue weighted by atomic mass is 9.96. The van der Waals surface area contributed by atoms with Crippen molar-refractivity contribution in [2.75, 3.05) is 0 Å². The molecule has 0 aliphatic heterocycles. The van der Waals surface area contributed by atoms with Gasteiger partial charge in [0.25, 0.3) is 0 Å². The Hall–Kier alpha value is -1.13. The SMILES string of the molecule is C#CC1(c2c(O)cccc2Cl)CC1. The molecule has 1 N–H and O–H groups in total. The van der Waals surface area contributed by atoms with Crippen molar-refractivity contribution in [1.82, 2.24) is 0 Å². The second kappa shape index (κ2) is 2.68. The van der Waals surface area contributed by atoms with Crippen molar-refractivity contribution in [3.05, 3.63) is 28.8 Å². The van der Waals surface area contributed by atoms with Crippen molar-refractivity contribution in [2.24, 2.45) is 0 Å². The van der Waals surface area contributed by atoms with Crippen molar-refractivity contribution in [3.63, 3.8) is 0 Å². The smallest absolute Gasteiger partial charge is 0.121 e. The van der Waals surface area contributed by atoms with Crippen LogP contribution in [0.3, 0.4) is 0 Å². The van der Waals surface area contributed by atoms with Gasteiger partial charge in [-0.15, -0.1) is 6.42 Å². The molecule has 2 rings (SSSR count). The van der Waals surface area contributed by atoms with E-state index in [1.807, 2.05) is 0 Å². The first-order valence-electron chi connectivity index (χ1n) is 4.15. The van der Waals surface area contributed by atoms with Gasteiger partial charge in [0, 0.05) is 10.6 Å². The van der Waals surface area contributed by atoms with Crippen LogP contribution in [-0.4, -0.2) is 5.11 Å². The van der Waals surface area contributed by atoms with Gasteiger partial charge in [-0.25, -0.2) is 0 Å². The van der Waals surface area contributed by atoms with Crippen LogP contribution in [0.2, 0.25) is 5.02 Å². The van der Waals surface area contributed by atoms with Crippen LogP contribution >= 0.6 is 11.6 Å². The second-order valence-corrected chi connectivity index (χ2v) is 3.77. The minimum Gasteiger partial charge on any atom is -0.508 e. The highest BCUT2D eigenvalue weighted by molar-refractivity contribution is 6.31. The van der Waals surface area contributed by atoms with Crippen molar-refractivity contribution < 1.29 is 5.11 Å². The summed E-state index contributed by atoms with van der Waals surface area (Å²) in [4.78, 5) is 0. The van der Waals surface area contributed by atoms with Crippen LogP contribution in [0.25, 0.3) is 0 Å². The molecular weight excluding hydrogens is 184 g/mol. The maximum Gasteiger partial charge on any atom is 0.121 e. The molecule has 1 aliphatic carbocycles. The van der Waals surface area contributed by atoms with Gasteiger partial charge in [0.1, 0.15) is 5.75 Å². The van der Waals surface area contributed by atoms with Gasteiger partial charge in [0.2, 0.25) is 0 Å². The highest BCUT2D eigenvalue weighted by Crippen LogP contribution is 2.52. The molecule has 1 aliphatic rings. The molecule has 1 fully saturated rings. The summed E-state index contributed by atoms with van der Waals surface area (Å²) in [5, 5.41) is 10.2. The van der Waals surface area contributed by atoms with Crippen molar-refractivity contribution in [3.8, 4) is 18.1 Å². The number of hydrogen-bond acceptors (Lipinski definition) is 1. The first-order valence-corrected chi connectivity index (χ1v) is 4.53. The molecule has 0 aromatic heterocycles. The summed E-state index contributed by atoms with van der Waals surface area (Å²) < 4.78 is 0. The molecule has 1 nitrogen and oxygen atoms in total. The van der Waals surface area contributed by atoms with Crippen LogP contribution in [0, 0.1) is 12.3 Å². The van der Waals surface area contributed by atoms with Gasteiger partial charge >= 0.3 is 0 Å². The Labute approximate surface area is 82.3 Å². The van der Waals surface area contributed by atoms with Gasteiger partial charge in [0.05, 0.1) is 5.41 Å². The Balaban J connectivity index is 2.58. The van der Waals surface area contributed by atoms with Gasteiger partial charge < -0.3 is 5.11 Å². The van der Waals surface area contributed by atoms with E-state index in [1.54, 1.807) is 18.2 Å². The van der Waals surface area contributed by atoms with Crippen LogP contribution in [-0.2, 0) is 5.41 Å². The number of hydrogen-bond donors (Lipinski definition) is 1. The van der Waals surface area contributed by atoms with E-state index in [4.69, 9.17) is 18.0 Å². The molecular formula is C11H9ClO. The lowest BCUT2D eigenvalue weighted by Crippen LogP contribution is -2.03. The number of terminal acetylenes is 1. The van der Waals surface area contributed by atoms with E-state index in [2.05, 4.69) is 5.92 Å². The summed E-state index contributed by atoms with van der Waals surface area (Å²) >= 11 is 5.98. The normalized spacial score (nSPS) is 17.8. The molecule has 0 saturated heterocycles. The maximum atomic E-state index is 9.62. The average molecular weight is 193 g/mol. The average Bonchev–Trinajstić information content (AvgIpc) is 2.85. The monoisotopic (exact) mass is 192 g/mol. The number of benzene rings is 1. The molecule has 0 unspecified atom stereocenters. The van der Waals surface area contributed by atoms with Gasteiger partial charge in [-0.2, -0.15) is 0 Å². The molecule has 1 aromatic carbocycles. The molecule has 0 bridgehead atoms. The number of phenolic OH excluding ortho intramolecular Hbond substituents is 1. The number of halogens is 1. The summed E-state index contributed by atoms with van der Waals surface area (Å²) in [7, 11) is 0. The molecule has 1 saturated carbocycles. The summed E-state index contributed by atoms with van der Waals surface area (Å²) in [5.74, 6) is 2.92. The summed E-state index contributed by atoms with van der Waals surface area (Å²) in [6, 6.07) is 5.10. The van der Waals surface area contributed by atoms with E-state index in [9.17, 15) is 5.11 Å². The van der Waals surface area contributed by atoms with Gasteiger partial charge in [-0.3, -0.25) is 0 Å². The quantitative estimate of drug-likeness (QED) is 0.679. The summed E-state index contributed by atoms with van der Waals surface area (Å²) in [6.07, 6.45) is 7.25. The molecule has 0 spiro atoms. The topological polar surface area (TPSA) is 20.2 Å². The maximum absolute atomic E-state index is 9.62. The zero-order valence-corrected chi connectivity index (χ0v) is 7.80.